The number of aliphatic imine (C=N–C) groups is 1. The zero-order valence-electron chi connectivity index (χ0n) is 15.6. The van der Waals surface area contributed by atoms with Gasteiger partial charge in [-0.05, 0) is 73.5 Å². The molecular weight excluding hydrogens is 340 g/mol. The summed E-state index contributed by atoms with van der Waals surface area (Å²) in [6.45, 7) is 6.28. The number of rotatable bonds is 4. The summed E-state index contributed by atoms with van der Waals surface area (Å²) in [6.07, 6.45) is 5.81. The monoisotopic (exact) mass is 368 g/mol. The van der Waals surface area contributed by atoms with E-state index in [1.54, 1.807) is 11.3 Å². The normalized spacial score (nSPS) is 15.7. The van der Waals surface area contributed by atoms with E-state index in [-0.39, 0.29) is 0 Å². The lowest BCUT2D eigenvalue weighted by Crippen LogP contribution is -2.28. The van der Waals surface area contributed by atoms with Crippen LogP contribution in [0.15, 0.2) is 46.9 Å². The van der Waals surface area contributed by atoms with Gasteiger partial charge in [0, 0.05) is 17.1 Å². The van der Waals surface area contributed by atoms with E-state index in [1.165, 1.54) is 29.3 Å². The molecule has 2 aromatic heterocycles. The van der Waals surface area contributed by atoms with E-state index in [0.29, 0.717) is 5.84 Å². The molecular formula is C21H28N4S. The van der Waals surface area contributed by atoms with Crippen LogP contribution in [0.3, 0.4) is 0 Å². The molecule has 1 fully saturated rings. The van der Waals surface area contributed by atoms with Crippen LogP contribution in [-0.4, -0.2) is 23.9 Å². The number of nitrogens with zero attached hydrogens (tertiary/aromatic N) is 1. The first-order valence-corrected chi connectivity index (χ1v) is 10.4. The Morgan fingerprint density at radius 2 is 2.04 bits per heavy atom. The molecule has 0 saturated carbocycles. The highest BCUT2D eigenvalue weighted by Crippen LogP contribution is 2.28. The van der Waals surface area contributed by atoms with Gasteiger partial charge in [0.05, 0.1) is 10.6 Å². The van der Waals surface area contributed by atoms with Gasteiger partial charge in [-0.3, -0.25) is 0 Å². The van der Waals surface area contributed by atoms with E-state index in [2.05, 4.69) is 33.6 Å². The van der Waals surface area contributed by atoms with Gasteiger partial charge >= 0.3 is 0 Å². The second-order valence-corrected chi connectivity index (χ2v) is 7.36. The summed E-state index contributed by atoms with van der Waals surface area (Å²) in [6, 6.07) is 10.3. The molecule has 1 aliphatic heterocycles. The Hall–Kier alpha value is -2.11. The number of H-pyrrole nitrogens is 1. The third kappa shape index (κ3) is 4.34. The maximum absolute atomic E-state index is 6.12. The zero-order valence-corrected chi connectivity index (χ0v) is 16.4. The van der Waals surface area contributed by atoms with Crippen molar-refractivity contribution in [3.05, 3.63) is 52.3 Å². The molecule has 0 aliphatic carbocycles. The number of aromatic amines is 1. The highest BCUT2D eigenvalue weighted by molar-refractivity contribution is 7.12. The molecule has 1 aliphatic rings. The Balaban J connectivity index is 0.000000948. The number of hydrogen-bond acceptors (Lipinski definition) is 3. The molecule has 3 aromatic rings. The lowest BCUT2D eigenvalue weighted by atomic mass is 9.91. The largest absolute Gasteiger partial charge is 0.383 e. The zero-order chi connectivity index (χ0) is 18.4. The number of nitrogens with one attached hydrogen (secondary N) is 2. The van der Waals surface area contributed by atoms with E-state index >= 15 is 0 Å². The van der Waals surface area contributed by atoms with Crippen molar-refractivity contribution >= 4 is 33.8 Å². The predicted octanol–water partition coefficient (Wildman–Crippen LogP) is 4.83. The summed E-state index contributed by atoms with van der Waals surface area (Å²) < 4.78 is 0. The van der Waals surface area contributed by atoms with Gasteiger partial charge in [0.25, 0.3) is 0 Å². The number of piperidine rings is 1. The van der Waals surface area contributed by atoms with Gasteiger partial charge in [0.15, 0.2) is 0 Å². The number of hydrogen-bond donors (Lipinski definition) is 3. The van der Waals surface area contributed by atoms with Gasteiger partial charge in [-0.15, -0.1) is 11.3 Å². The molecule has 4 nitrogen and oxygen atoms in total. The van der Waals surface area contributed by atoms with Gasteiger partial charge in [-0.1, -0.05) is 19.9 Å². The van der Waals surface area contributed by atoms with Crippen LogP contribution in [0.4, 0.5) is 5.69 Å². The summed E-state index contributed by atoms with van der Waals surface area (Å²) in [5.74, 6) is 1.35. The molecule has 0 bridgehead atoms. The van der Waals surface area contributed by atoms with Gasteiger partial charge in [0.2, 0.25) is 0 Å². The van der Waals surface area contributed by atoms with Crippen LogP contribution in [0.5, 0.6) is 0 Å². The van der Waals surface area contributed by atoms with Crippen LogP contribution in [0.25, 0.3) is 10.9 Å². The molecule has 0 radical (unpaired) electrons. The second-order valence-electron chi connectivity index (χ2n) is 6.42. The molecule has 0 amide bonds. The Kier molecular flexibility index (Phi) is 6.47. The predicted molar refractivity (Wildman–Crippen MR) is 114 cm³/mol. The van der Waals surface area contributed by atoms with E-state index in [1.807, 2.05) is 37.4 Å². The number of thiophene rings is 1. The van der Waals surface area contributed by atoms with Crippen molar-refractivity contribution in [2.75, 3.05) is 13.1 Å². The summed E-state index contributed by atoms with van der Waals surface area (Å²) in [7, 11) is 0. The van der Waals surface area contributed by atoms with Crippen LogP contribution in [0.2, 0.25) is 0 Å². The van der Waals surface area contributed by atoms with E-state index in [0.717, 1.165) is 36.0 Å². The Morgan fingerprint density at radius 1 is 1.23 bits per heavy atom. The fraction of sp³-hybridized carbons (Fsp3) is 0.381. The highest BCUT2D eigenvalue weighted by atomic mass is 32.1. The summed E-state index contributed by atoms with van der Waals surface area (Å²) >= 11 is 1.61. The number of amidine groups is 1. The number of nitrogens with two attached hydrogens (primary N) is 1. The van der Waals surface area contributed by atoms with Crippen molar-refractivity contribution in [1.82, 2.24) is 10.3 Å². The molecule has 3 heterocycles. The quantitative estimate of drug-likeness (QED) is 0.456. The first kappa shape index (κ1) is 18.7. The molecule has 1 aromatic carbocycles. The molecule has 0 spiro atoms. The minimum Gasteiger partial charge on any atom is -0.383 e. The van der Waals surface area contributed by atoms with Crippen molar-refractivity contribution in [1.29, 1.82) is 0 Å². The van der Waals surface area contributed by atoms with Crippen molar-refractivity contribution in [2.45, 2.75) is 33.1 Å². The van der Waals surface area contributed by atoms with Crippen LogP contribution in [0, 0.1) is 5.92 Å². The van der Waals surface area contributed by atoms with Gasteiger partial charge in [0.1, 0.15) is 5.84 Å². The van der Waals surface area contributed by atoms with Gasteiger partial charge in [-0.25, -0.2) is 4.99 Å². The lowest BCUT2D eigenvalue weighted by Gasteiger charge is -2.22. The summed E-state index contributed by atoms with van der Waals surface area (Å²) in [4.78, 5) is 9.01. The van der Waals surface area contributed by atoms with Crippen LogP contribution in [-0.2, 0) is 6.42 Å². The van der Waals surface area contributed by atoms with Crippen molar-refractivity contribution in [2.24, 2.45) is 16.6 Å². The minimum absolute atomic E-state index is 0.583. The Bertz CT molecular complexity index is 842. The summed E-state index contributed by atoms with van der Waals surface area (Å²) in [5, 5.41) is 6.73. The van der Waals surface area contributed by atoms with Crippen molar-refractivity contribution < 1.29 is 0 Å². The fourth-order valence-electron chi connectivity index (χ4n) is 3.42. The van der Waals surface area contributed by atoms with Crippen LogP contribution in [0.1, 0.15) is 37.1 Å². The SMILES string of the molecule is CC.NC(=Nc1ccc2[nH]cc(CC3CCNCC3)c2c1)c1cccs1. The van der Waals surface area contributed by atoms with Crippen molar-refractivity contribution in [3.63, 3.8) is 0 Å². The topological polar surface area (TPSA) is 66.2 Å². The average molecular weight is 369 g/mol. The molecule has 0 unspecified atom stereocenters. The van der Waals surface area contributed by atoms with Gasteiger partial charge in [-0.2, -0.15) is 0 Å². The Morgan fingerprint density at radius 3 is 2.77 bits per heavy atom. The van der Waals surface area contributed by atoms with E-state index in [9.17, 15) is 0 Å². The van der Waals surface area contributed by atoms with Crippen LogP contribution < -0.4 is 11.1 Å². The standard InChI is InChI=1S/C19H22N4S.C2H6/c20-19(18-2-1-9-24-18)23-15-3-4-17-16(11-15)14(12-22-17)10-13-5-7-21-8-6-13;1-2/h1-4,9,11-13,21-22H,5-8,10H2,(H2,20,23);1-2H3. The molecule has 1 saturated heterocycles. The molecule has 26 heavy (non-hydrogen) atoms. The smallest absolute Gasteiger partial charge is 0.141 e. The summed E-state index contributed by atoms with van der Waals surface area (Å²) in [5.41, 5.74) is 9.61. The number of fused-ring (bicyclic) bond motifs is 1. The third-order valence-electron chi connectivity index (χ3n) is 4.74. The first-order valence-electron chi connectivity index (χ1n) is 9.48. The third-order valence-corrected chi connectivity index (χ3v) is 5.63. The molecule has 138 valence electrons. The van der Waals surface area contributed by atoms with E-state index in [4.69, 9.17) is 5.73 Å². The molecule has 5 heteroatoms. The second kappa shape index (κ2) is 9.01. The first-order chi connectivity index (χ1) is 12.8. The number of aromatic nitrogens is 1. The lowest BCUT2D eigenvalue weighted by molar-refractivity contribution is 0.373. The molecule has 0 atom stereocenters. The Labute approximate surface area is 159 Å². The van der Waals surface area contributed by atoms with Crippen molar-refractivity contribution in [3.8, 4) is 0 Å². The minimum atomic E-state index is 0.583. The maximum atomic E-state index is 6.12. The fourth-order valence-corrected chi connectivity index (χ4v) is 4.05. The van der Waals surface area contributed by atoms with Crippen LogP contribution >= 0.6 is 11.3 Å². The molecule has 4 rings (SSSR count). The van der Waals surface area contributed by atoms with E-state index < -0.39 is 0 Å². The average Bonchev–Trinajstić information content (AvgIpc) is 3.35. The number of benzene rings is 1. The van der Waals surface area contributed by atoms with Gasteiger partial charge < -0.3 is 16.0 Å². The molecule has 4 N–H and O–H groups in total. The maximum Gasteiger partial charge on any atom is 0.141 e. The highest BCUT2D eigenvalue weighted by Gasteiger charge is 2.15.